The van der Waals surface area contributed by atoms with Gasteiger partial charge in [-0.3, -0.25) is 0 Å². The lowest BCUT2D eigenvalue weighted by Crippen LogP contribution is -1.94. The molecule has 0 N–H and O–H groups in total. The number of aromatic nitrogens is 3. The van der Waals surface area contributed by atoms with Crippen LogP contribution in [0.15, 0.2) is 30.5 Å². The average molecular weight is 296 g/mol. The summed E-state index contributed by atoms with van der Waals surface area (Å²) in [6.07, 6.45) is 2.92. The fourth-order valence-electron chi connectivity index (χ4n) is 1.49. The van der Waals surface area contributed by atoms with Gasteiger partial charge in [-0.05, 0) is 30.7 Å². The number of halogens is 1. The van der Waals surface area contributed by atoms with Crippen molar-refractivity contribution in [3.8, 4) is 11.4 Å². The molecular weight excluding hydrogens is 282 g/mol. The van der Waals surface area contributed by atoms with E-state index in [1.54, 1.807) is 11.8 Å². The van der Waals surface area contributed by atoms with Gasteiger partial charge in [-0.15, -0.1) is 5.10 Å². The Hall–Kier alpha value is -1.36. The molecule has 0 aliphatic carbocycles. The fraction of sp³-hybridized carbons (Fsp3) is 0.333. The van der Waals surface area contributed by atoms with Crippen molar-refractivity contribution >= 4 is 15.9 Å². The van der Waals surface area contributed by atoms with E-state index in [4.69, 9.17) is 4.74 Å². The lowest BCUT2D eigenvalue weighted by atomic mass is 10.2. The third-order valence-corrected chi connectivity index (χ3v) is 3.64. The zero-order chi connectivity index (χ0) is 12.3. The van der Waals surface area contributed by atoms with Gasteiger partial charge in [0.05, 0.1) is 29.5 Å². The molecule has 0 amide bonds. The Kier molecular flexibility index (Phi) is 3.78. The molecule has 0 fully saturated rings. The Morgan fingerprint density at radius 2 is 2.06 bits per heavy atom. The zero-order valence-electron chi connectivity index (χ0n) is 9.80. The van der Waals surface area contributed by atoms with Gasteiger partial charge in [0.1, 0.15) is 5.75 Å². The van der Waals surface area contributed by atoms with Crippen LogP contribution in [-0.4, -0.2) is 22.1 Å². The molecule has 0 saturated carbocycles. The van der Waals surface area contributed by atoms with E-state index in [1.807, 2.05) is 30.5 Å². The first-order chi connectivity index (χ1) is 8.24. The zero-order valence-corrected chi connectivity index (χ0v) is 11.4. The van der Waals surface area contributed by atoms with E-state index >= 15 is 0 Å². The summed E-state index contributed by atoms with van der Waals surface area (Å²) in [4.78, 5) is 0.259. The molecule has 0 aliphatic rings. The van der Waals surface area contributed by atoms with Crippen LogP contribution in [0, 0.1) is 0 Å². The first-order valence-corrected chi connectivity index (χ1v) is 6.37. The van der Waals surface area contributed by atoms with Gasteiger partial charge in [-0.1, -0.05) is 28.1 Å². The lowest BCUT2D eigenvalue weighted by molar-refractivity contribution is 0.414. The summed E-state index contributed by atoms with van der Waals surface area (Å²) in [5, 5.41) is 8.25. The van der Waals surface area contributed by atoms with Crippen molar-refractivity contribution in [1.29, 1.82) is 0 Å². The summed E-state index contributed by atoms with van der Waals surface area (Å²) in [7, 11) is 1.65. The molecule has 0 spiro atoms. The van der Waals surface area contributed by atoms with Gasteiger partial charge in [0.15, 0.2) is 0 Å². The molecule has 1 unspecified atom stereocenters. The molecule has 1 aromatic carbocycles. The molecule has 0 radical (unpaired) electrons. The quantitative estimate of drug-likeness (QED) is 0.814. The Morgan fingerprint density at radius 1 is 1.35 bits per heavy atom. The van der Waals surface area contributed by atoms with Crippen LogP contribution in [0.2, 0.25) is 0 Å². The fourth-order valence-corrected chi connectivity index (χ4v) is 1.70. The number of ether oxygens (including phenoxy) is 1. The molecule has 2 aromatic rings. The van der Waals surface area contributed by atoms with Crippen LogP contribution in [0.25, 0.3) is 5.69 Å². The maximum absolute atomic E-state index is 5.11. The number of nitrogens with zero attached hydrogens (tertiary/aromatic N) is 3. The second-order valence-corrected chi connectivity index (χ2v) is 4.77. The van der Waals surface area contributed by atoms with E-state index in [0.717, 1.165) is 23.6 Å². The minimum absolute atomic E-state index is 0.259. The number of methoxy groups -OCH3 is 1. The Morgan fingerprint density at radius 3 is 2.65 bits per heavy atom. The van der Waals surface area contributed by atoms with Crippen LogP contribution in [-0.2, 0) is 0 Å². The van der Waals surface area contributed by atoms with Crippen molar-refractivity contribution in [1.82, 2.24) is 15.0 Å². The van der Waals surface area contributed by atoms with Gasteiger partial charge in [-0.2, -0.15) is 0 Å². The molecule has 17 heavy (non-hydrogen) atoms. The van der Waals surface area contributed by atoms with Crippen molar-refractivity contribution in [2.75, 3.05) is 7.11 Å². The average Bonchev–Trinajstić information content (AvgIpc) is 2.87. The van der Waals surface area contributed by atoms with Crippen molar-refractivity contribution in [3.63, 3.8) is 0 Å². The van der Waals surface area contributed by atoms with E-state index in [-0.39, 0.29) is 4.83 Å². The van der Waals surface area contributed by atoms with Gasteiger partial charge >= 0.3 is 0 Å². The smallest absolute Gasteiger partial charge is 0.119 e. The van der Waals surface area contributed by atoms with Gasteiger partial charge in [-0.25, -0.2) is 4.68 Å². The minimum atomic E-state index is 0.259. The second-order valence-electron chi connectivity index (χ2n) is 3.66. The summed E-state index contributed by atoms with van der Waals surface area (Å²) in [6, 6.07) is 7.71. The number of alkyl halides is 1. The Labute approximate surface area is 109 Å². The second kappa shape index (κ2) is 5.31. The standard InChI is InChI=1S/C12H14BrN3O/c1-3-11(13)12-8-16(15-14-12)9-4-6-10(17-2)7-5-9/h4-8,11H,3H2,1-2H3. The third-order valence-electron chi connectivity index (χ3n) is 2.53. The van der Waals surface area contributed by atoms with Gasteiger partial charge in [0.2, 0.25) is 0 Å². The predicted octanol–water partition coefficient (Wildman–Crippen LogP) is 3.12. The summed E-state index contributed by atoms with van der Waals surface area (Å²) < 4.78 is 6.88. The first kappa shape index (κ1) is 12.1. The lowest BCUT2D eigenvalue weighted by Gasteiger charge is -2.02. The van der Waals surface area contributed by atoms with Gasteiger partial charge in [0, 0.05) is 0 Å². The van der Waals surface area contributed by atoms with Crippen LogP contribution in [0.5, 0.6) is 5.75 Å². The molecule has 4 nitrogen and oxygen atoms in total. The molecule has 1 atom stereocenters. The molecule has 0 saturated heterocycles. The van der Waals surface area contributed by atoms with Crippen LogP contribution >= 0.6 is 15.9 Å². The highest BCUT2D eigenvalue weighted by Crippen LogP contribution is 2.24. The summed E-state index contributed by atoms with van der Waals surface area (Å²) in [5.74, 6) is 0.834. The Balaban J connectivity index is 2.24. The number of hydrogen-bond donors (Lipinski definition) is 0. The normalized spacial score (nSPS) is 12.4. The highest BCUT2D eigenvalue weighted by molar-refractivity contribution is 9.09. The maximum Gasteiger partial charge on any atom is 0.119 e. The van der Waals surface area contributed by atoms with Crippen molar-refractivity contribution < 1.29 is 4.74 Å². The minimum Gasteiger partial charge on any atom is -0.497 e. The first-order valence-electron chi connectivity index (χ1n) is 5.45. The number of hydrogen-bond acceptors (Lipinski definition) is 3. The van der Waals surface area contributed by atoms with Crippen LogP contribution in [0.3, 0.4) is 0 Å². The molecule has 5 heteroatoms. The number of benzene rings is 1. The molecule has 0 aliphatic heterocycles. The molecule has 0 bridgehead atoms. The summed E-state index contributed by atoms with van der Waals surface area (Å²) in [6.45, 7) is 2.10. The highest BCUT2D eigenvalue weighted by atomic mass is 79.9. The maximum atomic E-state index is 5.11. The Bertz CT molecular complexity index is 481. The third kappa shape index (κ3) is 2.66. The van der Waals surface area contributed by atoms with Crippen molar-refractivity contribution in [3.05, 3.63) is 36.2 Å². The predicted molar refractivity (Wildman–Crippen MR) is 69.9 cm³/mol. The molecule has 1 aromatic heterocycles. The van der Waals surface area contributed by atoms with E-state index in [2.05, 4.69) is 33.2 Å². The van der Waals surface area contributed by atoms with Crippen LogP contribution < -0.4 is 4.74 Å². The molecular formula is C12H14BrN3O. The van der Waals surface area contributed by atoms with Crippen LogP contribution in [0.1, 0.15) is 23.9 Å². The van der Waals surface area contributed by atoms with E-state index in [9.17, 15) is 0 Å². The molecule has 90 valence electrons. The SMILES string of the molecule is CCC(Br)c1cn(-c2ccc(OC)cc2)nn1. The summed E-state index contributed by atoms with van der Waals surface area (Å²) in [5.41, 5.74) is 1.92. The van der Waals surface area contributed by atoms with Crippen molar-refractivity contribution in [2.45, 2.75) is 18.2 Å². The van der Waals surface area contributed by atoms with E-state index in [0.29, 0.717) is 0 Å². The van der Waals surface area contributed by atoms with Crippen LogP contribution in [0.4, 0.5) is 0 Å². The van der Waals surface area contributed by atoms with Crippen molar-refractivity contribution in [2.24, 2.45) is 0 Å². The molecule has 1 heterocycles. The molecule has 2 rings (SSSR count). The topological polar surface area (TPSA) is 39.9 Å². The largest absolute Gasteiger partial charge is 0.497 e. The van der Waals surface area contributed by atoms with Gasteiger partial charge in [0.25, 0.3) is 0 Å². The summed E-state index contributed by atoms with van der Waals surface area (Å²) >= 11 is 3.56. The van der Waals surface area contributed by atoms with E-state index < -0.39 is 0 Å². The highest BCUT2D eigenvalue weighted by Gasteiger charge is 2.10. The van der Waals surface area contributed by atoms with E-state index in [1.165, 1.54) is 0 Å². The van der Waals surface area contributed by atoms with Gasteiger partial charge < -0.3 is 4.74 Å². The number of rotatable bonds is 4. The monoisotopic (exact) mass is 295 g/mol.